The highest BCUT2D eigenvalue weighted by molar-refractivity contribution is 7.12. The Morgan fingerprint density at radius 2 is 2.23 bits per heavy atom. The minimum absolute atomic E-state index is 0.00528. The zero-order valence-corrected chi connectivity index (χ0v) is 16.7. The summed E-state index contributed by atoms with van der Waals surface area (Å²) < 4.78 is 21.1. The van der Waals surface area contributed by atoms with Crippen molar-refractivity contribution in [1.82, 2.24) is 20.0 Å². The van der Waals surface area contributed by atoms with E-state index in [9.17, 15) is 19.1 Å². The Kier molecular flexibility index (Phi) is 5.72. The van der Waals surface area contributed by atoms with E-state index in [4.69, 9.17) is 9.57 Å². The quantitative estimate of drug-likeness (QED) is 0.395. The minimum Gasteiger partial charge on any atom is -0.477 e. The van der Waals surface area contributed by atoms with Crippen molar-refractivity contribution in [2.45, 2.75) is 6.04 Å². The van der Waals surface area contributed by atoms with Gasteiger partial charge in [-0.1, -0.05) is 0 Å². The number of nitrogens with zero attached hydrogens (tertiary/aromatic N) is 4. The van der Waals surface area contributed by atoms with Gasteiger partial charge in [-0.15, -0.1) is 11.3 Å². The number of carbonyl (C=O) groups is 1. The maximum absolute atomic E-state index is 14.8. The van der Waals surface area contributed by atoms with E-state index >= 15 is 0 Å². The molecule has 12 heteroatoms. The first-order valence-corrected chi connectivity index (χ1v) is 9.88. The molecule has 4 rings (SSSR count). The number of ether oxygens (including phenoxy) is 1. The molecule has 30 heavy (non-hydrogen) atoms. The predicted molar refractivity (Wildman–Crippen MR) is 107 cm³/mol. The van der Waals surface area contributed by atoms with E-state index in [1.165, 1.54) is 22.1 Å². The van der Waals surface area contributed by atoms with Crippen LogP contribution in [-0.4, -0.2) is 65.1 Å². The summed E-state index contributed by atoms with van der Waals surface area (Å²) in [6.45, 7) is 1.76. The molecule has 1 aliphatic rings. The van der Waals surface area contributed by atoms with Crippen molar-refractivity contribution in [3.63, 3.8) is 0 Å². The molecule has 3 aromatic heterocycles. The van der Waals surface area contributed by atoms with Crippen LogP contribution in [0.2, 0.25) is 0 Å². The number of aromatic carboxylic acids is 1. The predicted octanol–water partition coefficient (Wildman–Crippen LogP) is 1.04. The first-order valence-electron chi connectivity index (χ1n) is 9.00. The van der Waals surface area contributed by atoms with Crippen LogP contribution in [0.15, 0.2) is 28.6 Å². The van der Waals surface area contributed by atoms with Crippen molar-refractivity contribution >= 4 is 34.2 Å². The SMILES string of the molecule is COCCONC1CN(c2nc3c(cc2F)c(=O)c(C(=O)O)cn3-c2nccs2)C1. The number of fused-ring (bicyclic) bond motifs is 1. The molecule has 0 unspecified atom stereocenters. The highest BCUT2D eigenvalue weighted by Gasteiger charge is 2.31. The lowest BCUT2D eigenvalue weighted by molar-refractivity contribution is -0.0168. The van der Waals surface area contributed by atoms with Gasteiger partial charge in [-0.05, 0) is 6.07 Å². The number of anilines is 1. The second-order valence-corrected chi connectivity index (χ2v) is 7.46. The molecule has 0 bridgehead atoms. The zero-order valence-electron chi connectivity index (χ0n) is 15.9. The highest BCUT2D eigenvalue weighted by Crippen LogP contribution is 2.27. The van der Waals surface area contributed by atoms with E-state index in [-0.39, 0.29) is 22.9 Å². The first-order chi connectivity index (χ1) is 14.5. The fraction of sp³-hybridized carbons (Fsp3) is 0.333. The lowest BCUT2D eigenvalue weighted by Crippen LogP contribution is -2.58. The molecule has 0 amide bonds. The van der Waals surface area contributed by atoms with Gasteiger partial charge in [-0.3, -0.25) is 14.2 Å². The summed E-state index contributed by atoms with van der Waals surface area (Å²) in [4.78, 5) is 39.5. The number of carboxylic acids is 1. The number of nitrogens with one attached hydrogen (secondary N) is 1. The van der Waals surface area contributed by atoms with Crippen LogP contribution < -0.4 is 15.8 Å². The molecule has 0 aliphatic carbocycles. The van der Waals surface area contributed by atoms with E-state index in [1.54, 1.807) is 23.6 Å². The Morgan fingerprint density at radius 1 is 1.43 bits per heavy atom. The average Bonchev–Trinajstić information content (AvgIpc) is 3.21. The molecule has 1 saturated heterocycles. The maximum Gasteiger partial charge on any atom is 0.341 e. The molecule has 0 atom stereocenters. The molecule has 10 nitrogen and oxygen atoms in total. The number of aromatic nitrogens is 3. The first kappa shape index (κ1) is 20.3. The van der Waals surface area contributed by atoms with Gasteiger partial charge in [0, 0.05) is 38.0 Å². The van der Waals surface area contributed by atoms with E-state index in [1.807, 2.05) is 0 Å². The van der Waals surface area contributed by atoms with Crippen LogP contribution in [0, 0.1) is 5.82 Å². The smallest absolute Gasteiger partial charge is 0.341 e. The molecule has 1 aliphatic heterocycles. The molecule has 0 spiro atoms. The van der Waals surface area contributed by atoms with Gasteiger partial charge >= 0.3 is 5.97 Å². The summed E-state index contributed by atoms with van der Waals surface area (Å²) in [6, 6.07) is 1.03. The monoisotopic (exact) mass is 435 g/mol. The molecular formula is C18H18FN5O5S. The summed E-state index contributed by atoms with van der Waals surface area (Å²) >= 11 is 1.24. The highest BCUT2D eigenvalue weighted by atomic mass is 32.1. The minimum atomic E-state index is -1.40. The van der Waals surface area contributed by atoms with Crippen molar-refractivity contribution in [1.29, 1.82) is 0 Å². The number of pyridine rings is 2. The topological polar surface area (TPSA) is 119 Å². The molecule has 1 fully saturated rings. The molecule has 0 radical (unpaired) electrons. The second kappa shape index (κ2) is 8.44. The van der Waals surface area contributed by atoms with Crippen molar-refractivity contribution in [2.24, 2.45) is 0 Å². The molecule has 0 aromatic carbocycles. The molecule has 3 aromatic rings. The van der Waals surface area contributed by atoms with Gasteiger partial charge in [0.2, 0.25) is 5.43 Å². The summed E-state index contributed by atoms with van der Waals surface area (Å²) in [5.41, 5.74) is 1.74. The third kappa shape index (κ3) is 3.77. The number of methoxy groups -OCH3 is 1. The number of hydrogen-bond acceptors (Lipinski definition) is 9. The number of halogens is 1. The molecule has 158 valence electrons. The average molecular weight is 435 g/mol. The normalized spacial score (nSPS) is 14.3. The van der Waals surface area contributed by atoms with Gasteiger partial charge in [-0.25, -0.2) is 19.2 Å². The summed E-state index contributed by atoms with van der Waals surface area (Å²) in [5, 5.41) is 11.4. The fourth-order valence-corrected chi connectivity index (χ4v) is 3.71. The van der Waals surface area contributed by atoms with Crippen molar-refractivity contribution in [2.75, 3.05) is 38.3 Å². The zero-order chi connectivity index (χ0) is 21.3. The standard InChI is InChI=1S/C18H18FN5O5S/c1-28-3-4-29-22-10-7-23(8-10)16-13(19)6-11-14(25)12(17(26)27)9-24(15(11)21-16)18-20-2-5-30-18/h2,5-6,9-10,22H,3-4,7-8H2,1H3,(H,26,27). The number of hydroxylamine groups is 1. The second-order valence-electron chi connectivity index (χ2n) is 6.59. The van der Waals surface area contributed by atoms with Crippen LogP contribution in [0.25, 0.3) is 16.2 Å². The maximum atomic E-state index is 14.8. The largest absolute Gasteiger partial charge is 0.477 e. The van der Waals surface area contributed by atoms with Crippen LogP contribution >= 0.6 is 11.3 Å². The third-order valence-electron chi connectivity index (χ3n) is 4.59. The molecular weight excluding hydrogens is 417 g/mol. The van der Waals surface area contributed by atoms with E-state index in [0.29, 0.717) is 31.4 Å². The molecule has 2 N–H and O–H groups in total. The van der Waals surface area contributed by atoms with Crippen molar-refractivity contribution in [3.05, 3.63) is 45.4 Å². The van der Waals surface area contributed by atoms with Crippen LogP contribution in [0.4, 0.5) is 10.2 Å². The van der Waals surface area contributed by atoms with E-state index < -0.39 is 22.8 Å². The molecule has 4 heterocycles. The lowest BCUT2D eigenvalue weighted by atomic mass is 10.1. The Labute approximate surface area is 173 Å². The number of rotatable bonds is 8. The van der Waals surface area contributed by atoms with Crippen LogP contribution in [0.5, 0.6) is 0 Å². The number of carboxylic acid groups (broad SMARTS) is 1. The number of thiazole rings is 1. The lowest BCUT2D eigenvalue weighted by Gasteiger charge is -2.40. The van der Waals surface area contributed by atoms with Crippen molar-refractivity contribution < 1.29 is 23.9 Å². The summed E-state index contributed by atoms with van der Waals surface area (Å²) in [5.74, 6) is -2.03. The Bertz CT molecular complexity index is 1130. The van der Waals surface area contributed by atoms with Crippen molar-refractivity contribution in [3.8, 4) is 5.13 Å². The fourth-order valence-electron chi connectivity index (χ4n) is 3.10. The Hall–Kier alpha value is -2.93. The molecule has 0 saturated carbocycles. The van der Waals surface area contributed by atoms with Gasteiger partial charge < -0.3 is 14.7 Å². The van der Waals surface area contributed by atoms with Crippen LogP contribution in [-0.2, 0) is 9.57 Å². The van der Waals surface area contributed by atoms with Gasteiger partial charge in [0.25, 0.3) is 0 Å². The summed E-state index contributed by atoms with van der Waals surface area (Å²) in [6.07, 6.45) is 2.72. The van der Waals surface area contributed by atoms with Gasteiger partial charge in [0.15, 0.2) is 22.4 Å². The van der Waals surface area contributed by atoms with Gasteiger partial charge in [-0.2, -0.15) is 5.48 Å². The number of hydrogen-bond donors (Lipinski definition) is 2. The Morgan fingerprint density at radius 3 is 2.90 bits per heavy atom. The van der Waals surface area contributed by atoms with Gasteiger partial charge in [0.1, 0.15) is 5.56 Å². The summed E-state index contributed by atoms with van der Waals surface area (Å²) in [7, 11) is 1.58. The van der Waals surface area contributed by atoms with Crippen LogP contribution in [0.1, 0.15) is 10.4 Å². The Balaban J connectivity index is 1.68. The van der Waals surface area contributed by atoms with Gasteiger partial charge in [0.05, 0.1) is 24.6 Å². The van der Waals surface area contributed by atoms with Crippen LogP contribution in [0.3, 0.4) is 0 Å². The third-order valence-corrected chi connectivity index (χ3v) is 5.36. The van der Waals surface area contributed by atoms with E-state index in [2.05, 4.69) is 15.4 Å². The van der Waals surface area contributed by atoms with E-state index in [0.717, 1.165) is 6.07 Å².